The first kappa shape index (κ1) is 40.6. The molecule has 0 aromatic carbocycles. The molecule has 0 aromatic rings. The molecule has 0 unspecified atom stereocenters. The van der Waals surface area contributed by atoms with Crippen LogP contribution in [0.15, 0.2) is 0 Å². The third-order valence-electron chi connectivity index (χ3n) is 5.18. The van der Waals surface area contributed by atoms with Crippen molar-refractivity contribution in [3.8, 4) is 0 Å². The minimum atomic E-state index is -8.96. The zero-order chi connectivity index (χ0) is 34.4. The van der Waals surface area contributed by atoms with Gasteiger partial charge in [0, 0.05) is 13.1 Å². The standard InChI is InChI=1S/C16H19F17N2O5S2/c1-34(2)5-3-6-35(7-4-8-41(36,37)38)42(39,40)16(32,33)14(27,28)12(23,24)10(19,20)9(17,18)11(21,22)13(25,26)15(29,30)31/h3-8H2,1-2H3,(H,36,37,38). The number of sulfonamides is 1. The zero-order valence-corrected chi connectivity index (χ0v) is 22.1. The Morgan fingerprint density at radius 2 is 0.857 bits per heavy atom. The first-order valence-electron chi connectivity index (χ1n) is 10.3. The van der Waals surface area contributed by atoms with E-state index in [0.717, 1.165) is 4.90 Å². The molecule has 0 aliphatic carbocycles. The minimum Gasteiger partial charge on any atom is -0.309 e. The molecule has 0 aliphatic heterocycles. The predicted molar refractivity (Wildman–Crippen MR) is 105 cm³/mol. The Balaban J connectivity index is 6.98. The topological polar surface area (TPSA) is 95.0 Å². The lowest BCUT2D eigenvalue weighted by Crippen LogP contribution is -2.75. The summed E-state index contributed by atoms with van der Waals surface area (Å²) in [7, 11) is -10.1. The van der Waals surface area contributed by atoms with Crippen LogP contribution in [0.5, 0.6) is 0 Å². The molecule has 0 saturated heterocycles. The van der Waals surface area contributed by atoms with Crippen molar-refractivity contribution in [2.75, 3.05) is 39.5 Å². The predicted octanol–water partition coefficient (Wildman–Crippen LogP) is 4.81. The van der Waals surface area contributed by atoms with Crippen molar-refractivity contribution in [2.45, 2.75) is 59.8 Å². The maximum atomic E-state index is 14.5. The van der Waals surface area contributed by atoms with Gasteiger partial charge in [0.1, 0.15) is 0 Å². The second kappa shape index (κ2) is 11.8. The smallest absolute Gasteiger partial charge is 0.309 e. The molecule has 26 heteroatoms. The van der Waals surface area contributed by atoms with E-state index in [0.29, 0.717) is 0 Å². The molecule has 0 rings (SSSR count). The molecule has 0 aliphatic rings. The van der Waals surface area contributed by atoms with Gasteiger partial charge in [0.05, 0.1) is 5.75 Å². The van der Waals surface area contributed by atoms with E-state index < -0.39 is 103 Å². The van der Waals surface area contributed by atoms with E-state index in [1.807, 2.05) is 0 Å². The fourth-order valence-electron chi connectivity index (χ4n) is 2.81. The maximum Gasteiger partial charge on any atom is 0.460 e. The van der Waals surface area contributed by atoms with Crippen molar-refractivity contribution >= 4 is 20.1 Å². The van der Waals surface area contributed by atoms with Crippen molar-refractivity contribution in [2.24, 2.45) is 0 Å². The molecular formula is C16H19F17N2O5S2. The maximum absolute atomic E-state index is 14.5. The Kier molecular flexibility index (Phi) is 11.4. The van der Waals surface area contributed by atoms with Crippen LogP contribution in [0.2, 0.25) is 0 Å². The van der Waals surface area contributed by atoms with E-state index in [1.165, 1.54) is 14.1 Å². The second-order valence-electron chi connectivity index (χ2n) is 8.66. The lowest BCUT2D eigenvalue weighted by molar-refractivity contribution is -0.458. The van der Waals surface area contributed by atoms with Crippen LogP contribution in [0.4, 0.5) is 74.6 Å². The number of hydrogen-bond acceptors (Lipinski definition) is 5. The summed E-state index contributed by atoms with van der Waals surface area (Å²) in [5.41, 5.74) is 0. The fraction of sp³-hybridized carbons (Fsp3) is 1.00. The van der Waals surface area contributed by atoms with Gasteiger partial charge in [-0.25, -0.2) is 8.42 Å². The van der Waals surface area contributed by atoms with Crippen LogP contribution in [0.25, 0.3) is 0 Å². The third kappa shape index (κ3) is 6.79. The highest BCUT2D eigenvalue weighted by Gasteiger charge is 2.96. The van der Waals surface area contributed by atoms with Gasteiger partial charge in [-0.15, -0.1) is 0 Å². The molecule has 0 aromatic heterocycles. The normalized spacial score (nSPS) is 16.0. The van der Waals surface area contributed by atoms with Crippen LogP contribution >= 0.6 is 0 Å². The zero-order valence-electron chi connectivity index (χ0n) is 20.5. The quantitative estimate of drug-likeness (QED) is 0.183. The van der Waals surface area contributed by atoms with Gasteiger partial charge >= 0.3 is 47.0 Å². The minimum absolute atomic E-state index is 0.338. The summed E-state index contributed by atoms with van der Waals surface area (Å²) < 4.78 is 283. The summed E-state index contributed by atoms with van der Waals surface area (Å²) in [6, 6.07) is 0. The number of halogens is 17. The number of nitrogens with zero attached hydrogens (tertiary/aromatic N) is 2. The molecule has 0 heterocycles. The summed E-state index contributed by atoms with van der Waals surface area (Å²) in [4.78, 5) is 1.16. The highest BCUT2D eigenvalue weighted by molar-refractivity contribution is 7.90. The van der Waals surface area contributed by atoms with Crippen molar-refractivity contribution in [1.82, 2.24) is 9.21 Å². The molecule has 0 fully saturated rings. The van der Waals surface area contributed by atoms with Crippen LogP contribution in [0.1, 0.15) is 12.8 Å². The molecule has 7 nitrogen and oxygen atoms in total. The van der Waals surface area contributed by atoms with Crippen molar-refractivity contribution in [3.05, 3.63) is 0 Å². The van der Waals surface area contributed by atoms with E-state index in [9.17, 15) is 91.5 Å². The van der Waals surface area contributed by atoms with Gasteiger partial charge in [-0.1, -0.05) is 0 Å². The highest BCUT2D eigenvalue weighted by atomic mass is 32.2. The van der Waals surface area contributed by atoms with Crippen LogP contribution in [-0.4, -0.2) is 117 Å². The number of hydrogen-bond donors (Lipinski definition) is 1. The third-order valence-corrected chi connectivity index (χ3v) is 7.93. The van der Waals surface area contributed by atoms with E-state index in [4.69, 9.17) is 4.55 Å². The lowest BCUT2D eigenvalue weighted by Gasteiger charge is -2.43. The van der Waals surface area contributed by atoms with Gasteiger partial charge in [0.25, 0.3) is 20.1 Å². The van der Waals surface area contributed by atoms with Gasteiger partial charge in [-0.2, -0.15) is 87.4 Å². The summed E-state index contributed by atoms with van der Waals surface area (Å²) in [5.74, 6) is -53.8. The number of alkyl halides is 17. The van der Waals surface area contributed by atoms with E-state index in [1.54, 1.807) is 0 Å². The largest absolute Gasteiger partial charge is 0.460 e. The van der Waals surface area contributed by atoms with Crippen LogP contribution < -0.4 is 0 Å². The molecular weight excluding hydrogens is 687 g/mol. The summed E-state index contributed by atoms with van der Waals surface area (Å²) in [6.07, 6.45) is -9.93. The number of rotatable bonds is 16. The molecule has 0 spiro atoms. The summed E-state index contributed by atoms with van der Waals surface area (Å²) >= 11 is 0. The molecule has 0 saturated carbocycles. The van der Waals surface area contributed by atoms with Gasteiger partial charge in [0.15, 0.2) is 0 Å². The summed E-state index contributed by atoms with van der Waals surface area (Å²) in [5, 5.41) is -7.75. The monoisotopic (exact) mass is 706 g/mol. The molecule has 0 radical (unpaired) electrons. The van der Waals surface area contributed by atoms with Crippen molar-refractivity contribution < 1.29 is 96.0 Å². The van der Waals surface area contributed by atoms with Crippen molar-refractivity contribution in [3.63, 3.8) is 0 Å². The molecule has 254 valence electrons. The Bertz CT molecular complexity index is 1150. The average Bonchev–Trinajstić information content (AvgIpc) is 2.75. The van der Waals surface area contributed by atoms with Gasteiger partial charge in [-0.05, 0) is 33.5 Å². The average molecular weight is 706 g/mol. The van der Waals surface area contributed by atoms with E-state index in [-0.39, 0.29) is 6.54 Å². The Hall–Kier alpha value is -1.41. The Labute approximate surface area is 225 Å². The Morgan fingerprint density at radius 3 is 1.19 bits per heavy atom. The first-order valence-corrected chi connectivity index (χ1v) is 13.4. The van der Waals surface area contributed by atoms with Crippen LogP contribution in [-0.2, 0) is 20.1 Å². The van der Waals surface area contributed by atoms with Gasteiger partial charge in [0.2, 0.25) is 0 Å². The lowest BCUT2D eigenvalue weighted by atomic mass is 9.91. The van der Waals surface area contributed by atoms with E-state index in [2.05, 4.69) is 0 Å². The van der Waals surface area contributed by atoms with Crippen molar-refractivity contribution in [1.29, 1.82) is 0 Å². The second-order valence-corrected chi connectivity index (χ2v) is 12.2. The highest BCUT2D eigenvalue weighted by Crippen LogP contribution is 2.64. The molecule has 0 atom stereocenters. The Morgan fingerprint density at radius 1 is 0.524 bits per heavy atom. The first-order chi connectivity index (χ1) is 18.0. The molecule has 0 amide bonds. The van der Waals surface area contributed by atoms with Gasteiger partial charge in [-0.3, -0.25) is 4.55 Å². The van der Waals surface area contributed by atoms with E-state index >= 15 is 0 Å². The van der Waals surface area contributed by atoms with Crippen LogP contribution in [0, 0.1) is 0 Å². The molecule has 1 N–H and O–H groups in total. The van der Waals surface area contributed by atoms with Gasteiger partial charge < -0.3 is 4.90 Å². The fourth-order valence-corrected chi connectivity index (χ4v) is 4.82. The molecule has 42 heavy (non-hydrogen) atoms. The SMILES string of the molecule is CN(C)CCCN(CCCS(=O)(=O)O)S(=O)(=O)C(F)(F)C(F)(F)C(F)(F)C(F)(F)C(F)(F)C(F)(F)C(F)(F)C(F)(F)F. The summed E-state index contributed by atoms with van der Waals surface area (Å²) in [6.45, 7) is -3.49. The molecule has 0 bridgehead atoms. The van der Waals surface area contributed by atoms with Crippen LogP contribution in [0.3, 0.4) is 0 Å².